The zero-order valence-corrected chi connectivity index (χ0v) is 19.3. The van der Waals surface area contributed by atoms with Gasteiger partial charge in [-0.1, -0.05) is 41.2 Å². The summed E-state index contributed by atoms with van der Waals surface area (Å²) >= 11 is 0.974. The van der Waals surface area contributed by atoms with Crippen molar-refractivity contribution < 1.29 is 22.0 Å². The molecule has 0 aliphatic rings. The molecule has 4 aromatic rings. The second-order valence-corrected chi connectivity index (χ2v) is 9.94. The average molecular weight is 488 g/mol. The molecule has 0 unspecified atom stereocenters. The highest BCUT2D eigenvalue weighted by Gasteiger charge is 2.19. The Morgan fingerprint density at radius 3 is 2.48 bits per heavy atom. The predicted molar refractivity (Wildman–Crippen MR) is 124 cm³/mol. The molecule has 0 saturated carbocycles. The second-order valence-electron chi connectivity index (χ2n) is 7.24. The second kappa shape index (κ2) is 8.87. The number of nitrogens with one attached hydrogen (secondary N) is 1. The van der Waals surface area contributed by atoms with Crippen LogP contribution in [0.4, 0.5) is 14.5 Å². The number of sulfonamides is 1. The number of thiazole rings is 1. The van der Waals surface area contributed by atoms with Gasteiger partial charge >= 0.3 is 0 Å². The largest absolute Gasteiger partial charge is 0.314 e. The van der Waals surface area contributed by atoms with Crippen LogP contribution in [0.5, 0.6) is 0 Å². The Balaban J connectivity index is 1.76. The van der Waals surface area contributed by atoms with Crippen molar-refractivity contribution in [2.24, 2.45) is 4.99 Å². The van der Waals surface area contributed by atoms with Gasteiger partial charge in [0.15, 0.2) is 10.6 Å². The van der Waals surface area contributed by atoms with Gasteiger partial charge in [-0.3, -0.25) is 9.52 Å². The number of hydrogen-bond acceptors (Lipinski definition) is 4. The molecule has 1 N–H and O–H groups in total. The molecule has 1 amide bonds. The summed E-state index contributed by atoms with van der Waals surface area (Å²) in [5, 5.41) is 0. The maximum Gasteiger partial charge on any atom is 0.281 e. The Labute approximate surface area is 192 Å². The Morgan fingerprint density at radius 1 is 1.09 bits per heavy atom. The van der Waals surface area contributed by atoms with E-state index >= 15 is 0 Å². The zero-order chi connectivity index (χ0) is 23.8. The molecule has 1 aromatic heterocycles. The molecule has 33 heavy (non-hydrogen) atoms. The number of benzene rings is 3. The fourth-order valence-electron chi connectivity index (χ4n) is 3.33. The Kier molecular flexibility index (Phi) is 6.13. The number of amides is 1. The summed E-state index contributed by atoms with van der Waals surface area (Å²) in [4.78, 5) is 17.4. The summed E-state index contributed by atoms with van der Waals surface area (Å²) in [5.41, 5.74) is 1.16. The minimum Gasteiger partial charge on any atom is -0.314 e. The molecule has 0 aliphatic heterocycles. The molecule has 3 aromatic carbocycles. The number of fused-ring (bicyclic) bond motifs is 1. The van der Waals surface area contributed by atoms with E-state index in [2.05, 4.69) is 9.71 Å². The lowest BCUT2D eigenvalue weighted by atomic mass is 10.2. The summed E-state index contributed by atoms with van der Waals surface area (Å²) in [6.45, 7) is 3.90. The summed E-state index contributed by atoms with van der Waals surface area (Å²) in [6, 6.07) is 14.3. The van der Waals surface area contributed by atoms with Crippen LogP contribution in [0.3, 0.4) is 0 Å². The van der Waals surface area contributed by atoms with Crippen molar-refractivity contribution in [1.29, 1.82) is 0 Å². The fourth-order valence-corrected chi connectivity index (χ4v) is 5.55. The molecule has 170 valence electrons. The van der Waals surface area contributed by atoms with E-state index in [-0.39, 0.29) is 26.5 Å². The van der Waals surface area contributed by atoms with Gasteiger partial charge in [-0.05, 0) is 44.2 Å². The molecule has 0 spiro atoms. The van der Waals surface area contributed by atoms with Crippen LogP contribution in [-0.4, -0.2) is 18.9 Å². The number of rotatable bonds is 5. The highest BCUT2D eigenvalue weighted by Crippen LogP contribution is 2.24. The number of para-hydroxylation sites is 1. The number of nitrogens with zero attached hydrogens (tertiary/aromatic N) is 2. The van der Waals surface area contributed by atoms with Crippen LogP contribution in [0.15, 0.2) is 70.6 Å². The topological polar surface area (TPSA) is 80.5 Å². The van der Waals surface area contributed by atoms with E-state index in [0.29, 0.717) is 11.2 Å². The van der Waals surface area contributed by atoms with E-state index in [9.17, 15) is 22.0 Å². The van der Waals surface area contributed by atoms with Crippen LogP contribution in [0.1, 0.15) is 22.8 Å². The quantitative estimate of drug-likeness (QED) is 0.437. The summed E-state index contributed by atoms with van der Waals surface area (Å²) in [5.74, 6) is -2.19. The molecule has 4 rings (SSSR count). The third kappa shape index (κ3) is 4.57. The van der Waals surface area contributed by atoms with Gasteiger partial charge in [-0.15, -0.1) is 0 Å². The first kappa shape index (κ1) is 22.8. The van der Waals surface area contributed by atoms with Gasteiger partial charge in [-0.25, -0.2) is 17.2 Å². The molecule has 0 fully saturated rings. The SMILES string of the molecule is CCn1c(=NC(=O)c2ccccc2NS(=O)(=O)c2ccc(C)cc2)sc2cc(F)cc(F)c21. The first-order valence-electron chi connectivity index (χ1n) is 9.95. The third-order valence-corrected chi connectivity index (χ3v) is 7.35. The fraction of sp³-hybridized carbons (Fsp3) is 0.130. The van der Waals surface area contributed by atoms with Crippen molar-refractivity contribution in [1.82, 2.24) is 4.57 Å². The first-order chi connectivity index (χ1) is 15.7. The summed E-state index contributed by atoms with van der Waals surface area (Å²) < 4.78 is 57.8. The molecule has 1 heterocycles. The maximum absolute atomic E-state index is 14.3. The van der Waals surface area contributed by atoms with Crippen molar-refractivity contribution >= 4 is 43.2 Å². The molecule has 10 heteroatoms. The lowest BCUT2D eigenvalue weighted by Crippen LogP contribution is -2.18. The Morgan fingerprint density at radius 2 is 1.79 bits per heavy atom. The predicted octanol–water partition coefficient (Wildman–Crippen LogP) is 4.85. The van der Waals surface area contributed by atoms with E-state index in [1.165, 1.54) is 34.9 Å². The van der Waals surface area contributed by atoms with Crippen LogP contribution < -0.4 is 9.52 Å². The van der Waals surface area contributed by atoms with Crippen LogP contribution >= 0.6 is 11.3 Å². The Hall–Kier alpha value is -3.37. The number of anilines is 1. The van der Waals surface area contributed by atoms with Gasteiger partial charge in [-0.2, -0.15) is 4.99 Å². The molecule has 0 atom stereocenters. The lowest BCUT2D eigenvalue weighted by Gasteiger charge is -2.11. The number of aromatic nitrogens is 1. The minimum atomic E-state index is -3.94. The molecular formula is C23H19F2N3O3S2. The van der Waals surface area contributed by atoms with Crippen LogP contribution in [0, 0.1) is 18.6 Å². The average Bonchev–Trinajstić information content (AvgIpc) is 3.11. The van der Waals surface area contributed by atoms with Crippen molar-refractivity contribution in [2.45, 2.75) is 25.3 Å². The van der Waals surface area contributed by atoms with Gasteiger partial charge in [0, 0.05) is 12.6 Å². The van der Waals surface area contributed by atoms with E-state index in [0.717, 1.165) is 23.0 Å². The standard InChI is InChI=1S/C23H19F2N3O3S2/c1-3-28-21-18(25)12-15(24)13-20(21)32-23(28)26-22(29)17-6-4-5-7-19(17)27-33(30,31)16-10-8-14(2)9-11-16/h4-13,27H,3H2,1-2H3. The zero-order valence-electron chi connectivity index (χ0n) is 17.7. The normalized spacial score (nSPS) is 12.3. The monoisotopic (exact) mass is 487 g/mol. The van der Waals surface area contributed by atoms with Gasteiger partial charge in [0.2, 0.25) is 0 Å². The number of halogens is 2. The smallest absolute Gasteiger partial charge is 0.281 e. The van der Waals surface area contributed by atoms with Crippen molar-refractivity contribution in [2.75, 3.05) is 4.72 Å². The molecule has 6 nitrogen and oxygen atoms in total. The van der Waals surface area contributed by atoms with E-state index in [1.807, 2.05) is 6.92 Å². The van der Waals surface area contributed by atoms with Gasteiger partial charge < -0.3 is 4.57 Å². The van der Waals surface area contributed by atoms with Crippen LogP contribution in [-0.2, 0) is 16.6 Å². The maximum atomic E-state index is 14.3. The van der Waals surface area contributed by atoms with Gasteiger partial charge in [0.1, 0.15) is 5.82 Å². The number of hydrogen-bond donors (Lipinski definition) is 1. The number of aryl methyl sites for hydroxylation is 2. The molecular weight excluding hydrogens is 468 g/mol. The molecule has 0 saturated heterocycles. The lowest BCUT2D eigenvalue weighted by molar-refractivity contribution is 0.0998. The molecule has 0 radical (unpaired) electrons. The summed E-state index contributed by atoms with van der Waals surface area (Å²) in [6.07, 6.45) is 0. The van der Waals surface area contributed by atoms with E-state index in [4.69, 9.17) is 0 Å². The Bertz CT molecular complexity index is 1540. The van der Waals surface area contributed by atoms with Crippen LogP contribution in [0.2, 0.25) is 0 Å². The van der Waals surface area contributed by atoms with Crippen molar-refractivity contribution in [3.05, 3.63) is 88.2 Å². The minimum absolute atomic E-state index is 0.0277. The highest BCUT2D eigenvalue weighted by atomic mass is 32.2. The molecule has 0 aliphatic carbocycles. The number of carbonyl (C=O) groups excluding carboxylic acids is 1. The summed E-state index contributed by atoms with van der Waals surface area (Å²) in [7, 11) is -3.94. The van der Waals surface area contributed by atoms with Crippen molar-refractivity contribution in [3.8, 4) is 0 Å². The first-order valence-corrected chi connectivity index (χ1v) is 12.3. The van der Waals surface area contributed by atoms with Crippen LogP contribution in [0.25, 0.3) is 10.2 Å². The van der Waals surface area contributed by atoms with Gasteiger partial charge in [0.25, 0.3) is 15.9 Å². The molecule has 0 bridgehead atoms. The van der Waals surface area contributed by atoms with Crippen molar-refractivity contribution in [3.63, 3.8) is 0 Å². The van der Waals surface area contributed by atoms with E-state index < -0.39 is 27.6 Å². The third-order valence-electron chi connectivity index (χ3n) is 4.94. The van der Waals surface area contributed by atoms with E-state index in [1.54, 1.807) is 31.2 Å². The highest BCUT2D eigenvalue weighted by molar-refractivity contribution is 7.92. The number of carbonyl (C=O) groups is 1. The van der Waals surface area contributed by atoms with Gasteiger partial charge in [0.05, 0.1) is 26.4 Å².